The number of nitrogens with zero attached hydrogens (tertiary/aromatic N) is 3. The lowest BCUT2D eigenvalue weighted by molar-refractivity contribution is -0.133. The average molecular weight is 376 g/mol. The molecule has 0 saturated carbocycles. The van der Waals surface area contributed by atoms with E-state index in [0.717, 1.165) is 39.0 Å². The van der Waals surface area contributed by atoms with Crippen molar-refractivity contribution in [2.45, 2.75) is 31.7 Å². The standard InChI is InChI=1S/C20H29FN4O2/c1-3-20(8-9-24(15-20)19(27)22-2)25-12-10-23(11-13-25)18(26)14-16-6-4-5-7-17(16)21/h4-7H,3,8-15H2,1-2H3,(H,22,27). The Balaban J connectivity index is 1.57. The first-order valence-electron chi connectivity index (χ1n) is 9.72. The summed E-state index contributed by atoms with van der Waals surface area (Å²) in [5, 5.41) is 2.71. The number of urea groups is 1. The highest BCUT2D eigenvalue weighted by atomic mass is 19.1. The largest absolute Gasteiger partial charge is 0.341 e. The lowest BCUT2D eigenvalue weighted by Gasteiger charge is -2.45. The van der Waals surface area contributed by atoms with Crippen LogP contribution in [0.3, 0.4) is 0 Å². The molecule has 0 spiro atoms. The third kappa shape index (κ3) is 4.08. The highest BCUT2D eigenvalue weighted by Gasteiger charge is 2.44. The van der Waals surface area contributed by atoms with E-state index < -0.39 is 0 Å². The number of benzene rings is 1. The van der Waals surface area contributed by atoms with Crippen molar-refractivity contribution in [3.8, 4) is 0 Å². The van der Waals surface area contributed by atoms with Crippen LogP contribution in [0.5, 0.6) is 0 Å². The molecule has 148 valence electrons. The Kier molecular flexibility index (Phi) is 5.99. The molecule has 2 aliphatic heterocycles. The van der Waals surface area contributed by atoms with Crippen LogP contribution in [0.2, 0.25) is 0 Å². The Morgan fingerprint density at radius 2 is 1.81 bits per heavy atom. The number of nitrogens with one attached hydrogen (secondary N) is 1. The number of hydrogen-bond donors (Lipinski definition) is 1. The highest BCUT2D eigenvalue weighted by molar-refractivity contribution is 5.79. The third-order valence-corrected chi connectivity index (χ3v) is 6.09. The molecule has 27 heavy (non-hydrogen) atoms. The van der Waals surface area contributed by atoms with Crippen LogP contribution in [-0.2, 0) is 11.2 Å². The lowest BCUT2D eigenvalue weighted by Crippen LogP contribution is -2.59. The quantitative estimate of drug-likeness (QED) is 0.870. The van der Waals surface area contributed by atoms with Crippen LogP contribution in [0.4, 0.5) is 9.18 Å². The summed E-state index contributed by atoms with van der Waals surface area (Å²) < 4.78 is 13.8. The second-order valence-electron chi connectivity index (χ2n) is 7.44. The van der Waals surface area contributed by atoms with Crippen molar-refractivity contribution >= 4 is 11.9 Å². The predicted molar refractivity (Wildman–Crippen MR) is 102 cm³/mol. The maximum Gasteiger partial charge on any atom is 0.317 e. The van der Waals surface area contributed by atoms with Crippen LogP contribution in [-0.4, -0.2) is 78.5 Å². The van der Waals surface area contributed by atoms with Crippen molar-refractivity contribution in [2.75, 3.05) is 46.3 Å². The van der Waals surface area contributed by atoms with Crippen molar-refractivity contribution in [1.29, 1.82) is 0 Å². The molecule has 2 aliphatic rings. The summed E-state index contributed by atoms with van der Waals surface area (Å²) in [4.78, 5) is 30.7. The van der Waals surface area contributed by atoms with Gasteiger partial charge in [-0.3, -0.25) is 9.69 Å². The smallest absolute Gasteiger partial charge is 0.317 e. The lowest BCUT2D eigenvalue weighted by atomic mass is 9.92. The van der Waals surface area contributed by atoms with E-state index in [0.29, 0.717) is 18.7 Å². The van der Waals surface area contributed by atoms with Gasteiger partial charge in [-0.05, 0) is 24.5 Å². The van der Waals surface area contributed by atoms with E-state index in [2.05, 4.69) is 17.1 Å². The molecule has 2 heterocycles. The SMILES string of the molecule is CCC1(N2CCN(C(=O)Cc3ccccc3F)CC2)CCN(C(=O)NC)C1. The van der Waals surface area contributed by atoms with Crippen LogP contribution >= 0.6 is 0 Å². The zero-order valence-electron chi connectivity index (χ0n) is 16.2. The van der Waals surface area contributed by atoms with Gasteiger partial charge < -0.3 is 15.1 Å². The third-order valence-electron chi connectivity index (χ3n) is 6.09. The van der Waals surface area contributed by atoms with Crippen LogP contribution < -0.4 is 5.32 Å². The van der Waals surface area contributed by atoms with Gasteiger partial charge in [0, 0.05) is 51.9 Å². The van der Waals surface area contributed by atoms with Gasteiger partial charge in [0.05, 0.1) is 6.42 Å². The molecule has 0 aromatic heterocycles. The van der Waals surface area contributed by atoms with E-state index in [-0.39, 0.29) is 29.7 Å². The van der Waals surface area contributed by atoms with Crippen LogP contribution in [0.25, 0.3) is 0 Å². The molecular weight excluding hydrogens is 347 g/mol. The molecule has 3 rings (SSSR count). The molecule has 1 aromatic carbocycles. The molecular formula is C20H29FN4O2. The molecule has 6 nitrogen and oxygen atoms in total. The summed E-state index contributed by atoms with van der Waals surface area (Å²) in [6.45, 7) is 6.54. The molecule has 2 fully saturated rings. The summed E-state index contributed by atoms with van der Waals surface area (Å²) in [6, 6.07) is 6.43. The van der Waals surface area contributed by atoms with Crippen molar-refractivity contribution in [3.05, 3.63) is 35.6 Å². The van der Waals surface area contributed by atoms with Gasteiger partial charge in [-0.25, -0.2) is 9.18 Å². The number of halogens is 1. The van der Waals surface area contributed by atoms with Gasteiger partial charge in [-0.2, -0.15) is 0 Å². The van der Waals surface area contributed by atoms with Crippen molar-refractivity contribution in [2.24, 2.45) is 0 Å². The van der Waals surface area contributed by atoms with E-state index in [1.807, 2.05) is 9.80 Å². The summed E-state index contributed by atoms with van der Waals surface area (Å²) in [5.74, 6) is -0.349. The second-order valence-corrected chi connectivity index (χ2v) is 7.44. The number of piperazine rings is 1. The van der Waals surface area contributed by atoms with Gasteiger partial charge in [0.25, 0.3) is 0 Å². The Morgan fingerprint density at radius 1 is 1.11 bits per heavy atom. The first kappa shape index (κ1) is 19.6. The van der Waals surface area contributed by atoms with E-state index >= 15 is 0 Å². The molecule has 1 unspecified atom stereocenters. The van der Waals surface area contributed by atoms with Crippen LogP contribution in [0.1, 0.15) is 25.3 Å². The fraction of sp³-hybridized carbons (Fsp3) is 0.600. The molecule has 2 saturated heterocycles. The van der Waals surface area contributed by atoms with E-state index in [4.69, 9.17) is 0 Å². The minimum atomic E-state index is -0.324. The topological polar surface area (TPSA) is 55.9 Å². The number of carbonyl (C=O) groups excluding carboxylic acids is 2. The second kappa shape index (κ2) is 8.25. The number of carbonyl (C=O) groups is 2. The number of likely N-dealkylation sites (tertiary alicyclic amines) is 1. The number of rotatable bonds is 4. The number of hydrogen-bond acceptors (Lipinski definition) is 3. The van der Waals surface area contributed by atoms with E-state index in [9.17, 15) is 14.0 Å². The zero-order valence-corrected chi connectivity index (χ0v) is 16.2. The average Bonchev–Trinajstić information content (AvgIpc) is 3.15. The molecule has 7 heteroatoms. The van der Waals surface area contributed by atoms with Crippen LogP contribution in [0.15, 0.2) is 24.3 Å². The Morgan fingerprint density at radius 3 is 2.44 bits per heavy atom. The van der Waals surface area contributed by atoms with Crippen molar-refractivity contribution in [1.82, 2.24) is 20.0 Å². The van der Waals surface area contributed by atoms with Gasteiger partial charge in [0.1, 0.15) is 5.82 Å². The predicted octanol–water partition coefficient (Wildman–Crippen LogP) is 1.71. The number of amides is 3. The maximum atomic E-state index is 13.8. The van der Waals surface area contributed by atoms with E-state index in [1.54, 1.807) is 25.2 Å². The van der Waals surface area contributed by atoms with Gasteiger partial charge in [0.15, 0.2) is 0 Å². The molecule has 0 aliphatic carbocycles. The first-order chi connectivity index (χ1) is 13.0. The van der Waals surface area contributed by atoms with Gasteiger partial charge in [-0.15, -0.1) is 0 Å². The fourth-order valence-electron chi connectivity index (χ4n) is 4.30. The van der Waals surface area contributed by atoms with Crippen molar-refractivity contribution < 1.29 is 14.0 Å². The summed E-state index contributed by atoms with van der Waals surface area (Å²) in [5.41, 5.74) is 0.444. The highest BCUT2D eigenvalue weighted by Crippen LogP contribution is 2.32. The maximum absolute atomic E-state index is 13.8. The van der Waals surface area contributed by atoms with Crippen molar-refractivity contribution in [3.63, 3.8) is 0 Å². The van der Waals surface area contributed by atoms with Gasteiger partial charge >= 0.3 is 6.03 Å². The molecule has 1 aromatic rings. The molecule has 3 amide bonds. The first-order valence-corrected chi connectivity index (χ1v) is 9.72. The Bertz CT molecular complexity index is 690. The van der Waals surface area contributed by atoms with Gasteiger partial charge in [0.2, 0.25) is 5.91 Å². The molecule has 1 N–H and O–H groups in total. The Labute approximate surface area is 160 Å². The van der Waals surface area contributed by atoms with Gasteiger partial charge in [-0.1, -0.05) is 25.1 Å². The summed E-state index contributed by atoms with van der Waals surface area (Å²) in [6.07, 6.45) is 2.04. The monoisotopic (exact) mass is 376 g/mol. The summed E-state index contributed by atoms with van der Waals surface area (Å²) >= 11 is 0. The van der Waals surface area contributed by atoms with E-state index in [1.165, 1.54) is 6.07 Å². The summed E-state index contributed by atoms with van der Waals surface area (Å²) in [7, 11) is 1.66. The molecule has 0 bridgehead atoms. The van der Waals surface area contributed by atoms with Crippen LogP contribution in [0, 0.1) is 5.82 Å². The normalized spacial score (nSPS) is 23.5. The zero-order chi connectivity index (χ0) is 19.4. The molecule has 0 radical (unpaired) electrons. The minimum absolute atomic E-state index is 0.00676. The molecule has 1 atom stereocenters. The Hall–Kier alpha value is -2.15. The minimum Gasteiger partial charge on any atom is -0.341 e. The fourth-order valence-corrected chi connectivity index (χ4v) is 4.30.